The normalized spacial score (nSPS) is 28.1. The Morgan fingerprint density at radius 1 is 1.32 bits per heavy atom. The van der Waals surface area contributed by atoms with Crippen molar-refractivity contribution in [1.82, 2.24) is 25.0 Å². The molecule has 144 valence electrons. The third-order valence-electron chi connectivity index (χ3n) is 6.53. The topological polar surface area (TPSA) is 86.8 Å². The van der Waals surface area contributed by atoms with Crippen LogP contribution in [0.15, 0.2) is 24.4 Å². The summed E-state index contributed by atoms with van der Waals surface area (Å²) in [6, 6.07) is 6.52. The fourth-order valence-electron chi connectivity index (χ4n) is 5.10. The fourth-order valence-corrected chi connectivity index (χ4v) is 5.10. The van der Waals surface area contributed by atoms with Crippen LogP contribution >= 0.6 is 0 Å². The van der Waals surface area contributed by atoms with Crippen LogP contribution in [0.3, 0.4) is 0 Å². The molecule has 7 nitrogen and oxygen atoms in total. The van der Waals surface area contributed by atoms with Gasteiger partial charge in [-0.1, -0.05) is 6.07 Å². The highest BCUT2D eigenvalue weighted by Gasteiger charge is 2.47. The van der Waals surface area contributed by atoms with Crippen LogP contribution in [-0.2, 0) is 17.6 Å². The predicted molar refractivity (Wildman–Crippen MR) is 102 cm³/mol. The molecule has 2 aliphatic heterocycles. The maximum Gasteiger partial charge on any atom is 0.223 e. The zero-order chi connectivity index (χ0) is 19.3. The summed E-state index contributed by atoms with van der Waals surface area (Å²) in [7, 11) is 0. The van der Waals surface area contributed by atoms with Gasteiger partial charge in [-0.2, -0.15) is 10.4 Å². The molecule has 0 aromatic carbocycles. The van der Waals surface area contributed by atoms with Crippen molar-refractivity contribution in [1.29, 1.82) is 5.26 Å². The Morgan fingerprint density at radius 2 is 2.21 bits per heavy atom. The van der Waals surface area contributed by atoms with Gasteiger partial charge in [-0.05, 0) is 63.1 Å². The van der Waals surface area contributed by atoms with Gasteiger partial charge in [0.05, 0.1) is 17.8 Å². The lowest BCUT2D eigenvalue weighted by molar-refractivity contribution is -0.126. The maximum atomic E-state index is 12.9. The van der Waals surface area contributed by atoms with Gasteiger partial charge < -0.3 is 10.2 Å². The van der Waals surface area contributed by atoms with Crippen molar-refractivity contribution < 1.29 is 4.79 Å². The van der Waals surface area contributed by atoms with Crippen LogP contribution in [0.2, 0.25) is 0 Å². The molecule has 2 fully saturated rings. The standard InChI is InChI=1S/C21H24N6O/c1-13-3-2-4-20(23-13)27-11-15-9-14(5-7-17(15)25-27)21(28)24-18-10-16-6-8-19(18)26(16)12-22/h2-4,11,14,16,18-19H,5-10H2,1H3,(H,24,28)/t14-,16+,18-,19-/m1/s1. The second-order valence-electron chi connectivity index (χ2n) is 8.28. The molecule has 1 aliphatic carbocycles. The van der Waals surface area contributed by atoms with Crippen LogP contribution in [0.4, 0.5) is 0 Å². The van der Waals surface area contributed by atoms with Crippen molar-refractivity contribution in [2.24, 2.45) is 5.92 Å². The molecule has 4 heterocycles. The van der Waals surface area contributed by atoms with E-state index in [0.717, 1.165) is 61.3 Å². The number of amides is 1. The summed E-state index contributed by atoms with van der Waals surface area (Å²) in [5.74, 6) is 0.918. The first-order valence-corrected chi connectivity index (χ1v) is 10.1. The summed E-state index contributed by atoms with van der Waals surface area (Å²) >= 11 is 0. The molecule has 1 amide bonds. The van der Waals surface area contributed by atoms with Gasteiger partial charge in [0.25, 0.3) is 0 Å². The van der Waals surface area contributed by atoms with Crippen molar-refractivity contribution in [3.05, 3.63) is 41.3 Å². The number of hydrogen-bond acceptors (Lipinski definition) is 5. The Balaban J connectivity index is 1.27. The highest BCUT2D eigenvalue weighted by molar-refractivity contribution is 5.79. The van der Waals surface area contributed by atoms with Gasteiger partial charge >= 0.3 is 0 Å². The van der Waals surface area contributed by atoms with E-state index in [1.807, 2.05) is 40.9 Å². The molecule has 0 radical (unpaired) electrons. The molecule has 2 saturated heterocycles. The van der Waals surface area contributed by atoms with E-state index in [1.54, 1.807) is 0 Å². The first-order valence-electron chi connectivity index (χ1n) is 10.1. The number of hydrogen-bond donors (Lipinski definition) is 1. The Labute approximate surface area is 164 Å². The van der Waals surface area contributed by atoms with Crippen LogP contribution < -0.4 is 5.32 Å². The quantitative estimate of drug-likeness (QED) is 0.827. The Kier molecular flexibility index (Phi) is 4.08. The molecule has 5 rings (SSSR count). The SMILES string of the molecule is Cc1cccc(-n2cc3c(n2)CC[C@@H](C(=O)N[C@@H]2C[C@@H]4CC[C@H]2N4C#N)C3)n1. The summed E-state index contributed by atoms with van der Waals surface area (Å²) in [4.78, 5) is 19.3. The van der Waals surface area contributed by atoms with Crippen molar-refractivity contribution in [3.63, 3.8) is 0 Å². The highest BCUT2D eigenvalue weighted by Crippen LogP contribution is 2.37. The van der Waals surface area contributed by atoms with E-state index in [1.165, 1.54) is 0 Å². The van der Waals surface area contributed by atoms with Gasteiger partial charge in [-0.3, -0.25) is 4.79 Å². The molecule has 28 heavy (non-hydrogen) atoms. The van der Waals surface area contributed by atoms with E-state index < -0.39 is 0 Å². The Hall–Kier alpha value is -2.88. The largest absolute Gasteiger partial charge is 0.351 e. The average Bonchev–Trinajstić information content (AvgIpc) is 3.39. The number of carbonyl (C=O) groups excluding carboxylic acids is 1. The molecule has 0 saturated carbocycles. The van der Waals surface area contributed by atoms with Crippen molar-refractivity contribution in [2.45, 2.75) is 63.6 Å². The number of carbonyl (C=O) groups is 1. The molecule has 3 aliphatic rings. The summed E-state index contributed by atoms with van der Waals surface area (Å²) in [6.07, 6.45) is 9.66. The van der Waals surface area contributed by atoms with Gasteiger partial charge in [-0.25, -0.2) is 9.67 Å². The number of nitrogens with zero attached hydrogens (tertiary/aromatic N) is 5. The van der Waals surface area contributed by atoms with Gasteiger partial charge in [0, 0.05) is 23.9 Å². The predicted octanol–water partition coefficient (Wildman–Crippen LogP) is 1.88. The van der Waals surface area contributed by atoms with E-state index >= 15 is 0 Å². The minimum Gasteiger partial charge on any atom is -0.351 e. The van der Waals surface area contributed by atoms with Gasteiger partial charge in [0.1, 0.15) is 0 Å². The van der Waals surface area contributed by atoms with Gasteiger partial charge in [0.2, 0.25) is 5.91 Å². The third-order valence-corrected chi connectivity index (χ3v) is 6.53. The van der Waals surface area contributed by atoms with Crippen LogP contribution in [0.1, 0.15) is 42.6 Å². The van der Waals surface area contributed by atoms with Crippen molar-refractivity contribution >= 4 is 5.91 Å². The van der Waals surface area contributed by atoms with Gasteiger partial charge in [0.15, 0.2) is 12.0 Å². The number of pyridine rings is 1. The molecule has 4 atom stereocenters. The lowest BCUT2D eigenvalue weighted by atomic mass is 9.86. The molecule has 2 aromatic heterocycles. The molecule has 0 spiro atoms. The fraction of sp³-hybridized carbons (Fsp3) is 0.524. The molecule has 2 bridgehead atoms. The van der Waals surface area contributed by atoms with Crippen LogP contribution in [0, 0.1) is 24.3 Å². The van der Waals surface area contributed by atoms with Crippen molar-refractivity contribution in [2.75, 3.05) is 0 Å². The zero-order valence-electron chi connectivity index (χ0n) is 16.0. The first-order chi connectivity index (χ1) is 13.6. The number of nitrogens with one attached hydrogen (secondary N) is 1. The summed E-state index contributed by atoms with van der Waals surface area (Å²) in [5, 5.41) is 17.3. The second-order valence-corrected chi connectivity index (χ2v) is 8.28. The van der Waals surface area contributed by atoms with E-state index in [-0.39, 0.29) is 23.9 Å². The van der Waals surface area contributed by atoms with Crippen molar-refractivity contribution in [3.8, 4) is 12.0 Å². The zero-order valence-corrected chi connectivity index (χ0v) is 16.0. The summed E-state index contributed by atoms with van der Waals surface area (Å²) in [5.41, 5.74) is 3.17. The Morgan fingerprint density at radius 3 is 3.00 bits per heavy atom. The van der Waals surface area contributed by atoms with E-state index in [2.05, 4.69) is 16.5 Å². The number of fused-ring (bicyclic) bond motifs is 3. The molecule has 2 aromatic rings. The molecule has 0 unspecified atom stereocenters. The molecule has 1 N–H and O–H groups in total. The van der Waals surface area contributed by atoms with Crippen LogP contribution in [-0.4, -0.2) is 43.7 Å². The molecular formula is C21H24N6O. The maximum absolute atomic E-state index is 12.9. The lowest BCUT2D eigenvalue weighted by Gasteiger charge is -2.26. The summed E-state index contributed by atoms with van der Waals surface area (Å²) < 4.78 is 1.83. The second kappa shape index (κ2) is 6.62. The number of rotatable bonds is 3. The monoisotopic (exact) mass is 376 g/mol. The lowest BCUT2D eigenvalue weighted by Crippen LogP contribution is -2.46. The smallest absolute Gasteiger partial charge is 0.223 e. The number of aryl methyl sites for hydroxylation is 2. The van der Waals surface area contributed by atoms with Crippen LogP contribution in [0.25, 0.3) is 5.82 Å². The number of aromatic nitrogens is 3. The molecule has 7 heteroatoms. The molecular weight excluding hydrogens is 352 g/mol. The minimum absolute atomic E-state index is 0.0229. The van der Waals surface area contributed by atoms with Gasteiger partial charge in [-0.15, -0.1) is 0 Å². The third kappa shape index (κ3) is 2.84. The van der Waals surface area contributed by atoms with E-state index in [4.69, 9.17) is 5.10 Å². The highest BCUT2D eigenvalue weighted by atomic mass is 16.2. The minimum atomic E-state index is -0.0229. The first kappa shape index (κ1) is 17.2. The number of nitriles is 1. The van der Waals surface area contributed by atoms with E-state index in [9.17, 15) is 10.1 Å². The van der Waals surface area contributed by atoms with Crippen LogP contribution in [0.5, 0.6) is 0 Å². The Bertz CT molecular complexity index is 960. The summed E-state index contributed by atoms with van der Waals surface area (Å²) in [6.45, 7) is 1.97. The average molecular weight is 376 g/mol. The van der Waals surface area contributed by atoms with E-state index in [0.29, 0.717) is 6.04 Å².